The van der Waals surface area contributed by atoms with Crippen molar-refractivity contribution in [3.63, 3.8) is 0 Å². The molecule has 2 atom stereocenters. The van der Waals surface area contributed by atoms with E-state index in [4.69, 9.17) is 9.47 Å². The second-order valence-corrected chi connectivity index (χ2v) is 7.87. The van der Waals surface area contributed by atoms with Gasteiger partial charge in [-0.1, -0.05) is 6.07 Å². The van der Waals surface area contributed by atoms with Gasteiger partial charge in [0.25, 0.3) is 0 Å². The first-order valence-electron chi connectivity index (χ1n) is 9.07. The number of halogens is 4. The van der Waals surface area contributed by atoms with Crippen LogP contribution in [0.15, 0.2) is 42.7 Å². The summed E-state index contributed by atoms with van der Waals surface area (Å²) in [5.74, 6) is 1.33. The van der Waals surface area contributed by atoms with Gasteiger partial charge in [-0.25, -0.2) is 4.68 Å². The standard InChI is InChI=1S/C20H18F3IN4O2/c1-29-14-4-3-12(9-15(14)30-2)13-10-16(20(21,22)23)28-19(26-13)17(24)18(27-28)11-5-7-25-8-6-11/h3-9,13,16,26H,10H2,1-2H3/t13-,16+/m0/s1. The number of rotatable bonds is 4. The molecule has 0 unspecified atom stereocenters. The molecule has 0 fully saturated rings. The number of alkyl halides is 3. The molecule has 6 nitrogen and oxygen atoms in total. The highest BCUT2D eigenvalue weighted by molar-refractivity contribution is 14.1. The fourth-order valence-electron chi connectivity index (χ4n) is 3.57. The van der Waals surface area contributed by atoms with Crippen LogP contribution < -0.4 is 14.8 Å². The lowest BCUT2D eigenvalue weighted by Gasteiger charge is -2.33. The minimum Gasteiger partial charge on any atom is -0.493 e. The van der Waals surface area contributed by atoms with Crippen LogP contribution in [-0.4, -0.2) is 35.2 Å². The number of aromatic nitrogens is 3. The maximum atomic E-state index is 14.0. The van der Waals surface area contributed by atoms with Crippen LogP contribution in [0.4, 0.5) is 19.0 Å². The number of pyridine rings is 1. The number of hydrogen-bond donors (Lipinski definition) is 1. The Bertz CT molecular complexity index is 1060. The van der Waals surface area contributed by atoms with Crippen molar-refractivity contribution in [1.29, 1.82) is 0 Å². The number of nitrogens with one attached hydrogen (secondary N) is 1. The normalized spacial score (nSPS) is 18.5. The van der Waals surface area contributed by atoms with Crippen molar-refractivity contribution < 1.29 is 22.6 Å². The zero-order valence-electron chi connectivity index (χ0n) is 16.1. The van der Waals surface area contributed by atoms with Gasteiger partial charge in [-0.05, 0) is 52.4 Å². The molecule has 3 heterocycles. The summed E-state index contributed by atoms with van der Waals surface area (Å²) in [6.45, 7) is 0. The Morgan fingerprint density at radius 1 is 1.10 bits per heavy atom. The number of ether oxygens (including phenoxy) is 2. The minimum absolute atomic E-state index is 0.195. The molecule has 0 spiro atoms. The zero-order chi connectivity index (χ0) is 21.5. The highest BCUT2D eigenvalue weighted by atomic mass is 127. The van der Waals surface area contributed by atoms with Gasteiger partial charge in [0.1, 0.15) is 11.5 Å². The van der Waals surface area contributed by atoms with E-state index < -0.39 is 18.3 Å². The zero-order valence-corrected chi connectivity index (χ0v) is 18.2. The van der Waals surface area contributed by atoms with Crippen LogP contribution in [0.2, 0.25) is 0 Å². The van der Waals surface area contributed by atoms with E-state index in [1.165, 1.54) is 14.2 Å². The highest BCUT2D eigenvalue weighted by Gasteiger charge is 2.47. The van der Waals surface area contributed by atoms with E-state index in [-0.39, 0.29) is 6.42 Å². The molecule has 0 amide bonds. The molecule has 1 N–H and O–H groups in total. The maximum absolute atomic E-state index is 14.0. The minimum atomic E-state index is -4.45. The second kappa shape index (κ2) is 7.97. The van der Waals surface area contributed by atoms with Crippen LogP contribution in [-0.2, 0) is 0 Å². The SMILES string of the molecule is COc1ccc([C@@H]2C[C@H](C(F)(F)F)n3nc(-c4ccncc4)c(I)c3N2)cc1OC. The molecular weight excluding hydrogens is 512 g/mol. The summed E-state index contributed by atoms with van der Waals surface area (Å²) in [7, 11) is 3.01. The van der Waals surface area contributed by atoms with E-state index in [9.17, 15) is 13.2 Å². The molecule has 2 aromatic heterocycles. The van der Waals surface area contributed by atoms with Crippen molar-refractivity contribution in [1.82, 2.24) is 14.8 Å². The Kier molecular flexibility index (Phi) is 5.51. The van der Waals surface area contributed by atoms with Gasteiger partial charge < -0.3 is 14.8 Å². The van der Waals surface area contributed by atoms with Crippen LogP contribution in [0.1, 0.15) is 24.1 Å². The van der Waals surface area contributed by atoms with E-state index >= 15 is 0 Å². The van der Waals surface area contributed by atoms with E-state index in [2.05, 4.69) is 15.4 Å². The molecule has 158 valence electrons. The molecule has 1 aliphatic rings. The number of methoxy groups -OCH3 is 2. The van der Waals surface area contributed by atoms with Crippen LogP contribution >= 0.6 is 22.6 Å². The lowest BCUT2D eigenvalue weighted by atomic mass is 9.96. The Morgan fingerprint density at radius 3 is 2.43 bits per heavy atom. The molecule has 4 rings (SSSR count). The molecular formula is C20H18F3IN4O2. The highest BCUT2D eigenvalue weighted by Crippen LogP contribution is 2.47. The third-order valence-electron chi connectivity index (χ3n) is 5.06. The third-order valence-corrected chi connectivity index (χ3v) is 6.08. The second-order valence-electron chi connectivity index (χ2n) is 6.80. The van der Waals surface area contributed by atoms with Crippen LogP contribution in [0, 0.1) is 3.57 Å². The van der Waals surface area contributed by atoms with Crippen LogP contribution in [0.5, 0.6) is 11.5 Å². The summed E-state index contributed by atoms with van der Waals surface area (Å²) in [6, 6.07) is 6.27. The predicted molar refractivity (Wildman–Crippen MR) is 114 cm³/mol. The number of nitrogens with zero attached hydrogens (tertiary/aromatic N) is 3. The quantitative estimate of drug-likeness (QED) is 0.469. The van der Waals surface area contributed by atoms with Crippen molar-refractivity contribution in [2.75, 3.05) is 19.5 Å². The summed E-state index contributed by atoms with van der Waals surface area (Å²) >= 11 is 2.04. The monoisotopic (exact) mass is 530 g/mol. The smallest absolute Gasteiger partial charge is 0.410 e. The number of anilines is 1. The van der Waals surface area contributed by atoms with E-state index in [1.807, 2.05) is 22.6 Å². The number of benzene rings is 1. The van der Waals surface area contributed by atoms with Crippen molar-refractivity contribution in [2.24, 2.45) is 0 Å². The van der Waals surface area contributed by atoms with Gasteiger partial charge in [0, 0.05) is 24.4 Å². The van der Waals surface area contributed by atoms with E-state index in [0.29, 0.717) is 37.7 Å². The topological polar surface area (TPSA) is 61.2 Å². The van der Waals surface area contributed by atoms with Crippen molar-refractivity contribution in [3.05, 3.63) is 51.9 Å². The summed E-state index contributed by atoms with van der Waals surface area (Å²) < 4.78 is 54.1. The first-order valence-corrected chi connectivity index (χ1v) is 10.1. The van der Waals surface area contributed by atoms with Gasteiger partial charge >= 0.3 is 6.18 Å². The first kappa shape index (κ1) is 20.8. The summed E-state index contributed by atoms with van der Waals surface area (Å²) in [5.41, 5.74) is 1.88. The van der Waals surface area contributed by atoms with E-state index in [1.54, 1.807) is 42.7 Å². The number of hydrogen-bond acceptors (Lipinski definition) is 5. The summed E-state index contributed by atoms with van der Waals surface area (Å²) in [4.78, 5) is 3.96. The predicted octanol–water partition coefficient (Wildman–Crippen LogP) is 5.23. The molecule has 3 aromatic rings. The third kappa shape index (κ3) is 3.68. The van der Waals surface area contributed by atoms with Gasteiger partial charge in [-0.3, -0.25) is 4.98 Å². The average Bonchev–Trinajstić information content (AvgIpc) is 3.09. The fraction of sp³-hybridized carbons (Fsp3) is 0.300. The number of fused-ring (bicyclic) bond motifs is 1. The lowest BCUT2D eigenvalue weighted by molar-refractivity contribution is -0.173. The molecule has 30 heavy (non-hydrogen) atoms. The van der Waals surface area contributed by atoms with Gasteiger partial charge in [0.2, 0.25) is 0 Å². The van der Waals surface area contributed by atoms with Gasteiger partial charge in [0.15, 0.2) is 17.5 Å². The van der Waals surface area contributed by atoms with Crippen molar-refractivity contribution >= 4 is 28.4 Å². The maximum Gasteiger partial charge on any atom is 0.410 e. The Morgan fingerprint density at radius 2 is 1.80 bits per heavy atom. The molecule has 1 aromatic carbocycles. The molecule has 0 saturated carbocycles. The molecule has 0 saturated heterocycles. The largest absolute Gasteiger partial charge is 0.493 e. The van der Waals surface area contributed by atoms with Crippen molar-refractivity contribution in [2.45, 2.75) is 24.7 Å². The molecule has 0 bridgehead atoms. The molecule has 0 radical (unpaired) electrons. The average molecular weight is 530 g/mol. The van der Waals surface area contributed by atoms with Gasteiger partial charge in [0.05, 0.1) is 23.8 Å². The van der Waals surface area contributed by atoms with Crippen LogP contribution in [0.25, 0.3) is 11.3 Å². The Hall–Kier alpha value is -2.50. The van der Waals surface area contributed by atoms with Gasteiger partial charge in [-0.2, -0.15) is 18.3 Å². The lowest BCUT2D eigenvalue weighted by Crippen LogP contribution is -2.35. The first-order chi connectivity index (χ1) is 14.3. The summed E-state index contributed by atoms with van der Waals surface area (Å²) in [6.07, 6.45) is -1.47. The van der Waals surface area contributed by atoms with Crippen LogP contribution in [0.3, 0.4) is 0 Å². The Balaban J connectivity index is 1.79. The summed E-state index contributed by atoms with van der Waals surface area (Å²) in [5, 5.41) is 7.56. The molecule has 10 heteroatoms. The molecule has 1 aliphatic heterocycles. The fourth-order valence-corrected chi connectivity index (χ4v) is 4.39. The van der Waals surface area contributed by atoms with Gasteiger partial charge in [-0.15, -0.1) is 0 Å². The van der Waals surface area contributed by atoms with Crippen molar-refractivity contribution in [3.8, 4) is 22.8 Å². The van der Waals surface area contributed by atoms with E-state index in [0.717, 1.165) is 4.68 Å². The Labute approximate surface area is 184 Å². The molecule has 0 aliphatic carbocycles.